The first-order chi connectivity index (χ1) is 7.22. The third-order valence-electron chi connectivity index (χ3n) is 1.89. The minimum Gasteiger partial charge on any atom is -0.403 e. The molecule has 0 amide bonds. The smallest absolute Gasteiger partial charge is 0.403 e. The molecule has 0 N–H and O–H groups in total. The SMILES string of the molecule is CC(=O)c1ccc(C)c(Cl)c1OC(F)(F)F. The summed E-state index contributed by atoms with van der Waals surface area (Å²) in [5, 5.41) is -0.204. The average molecular weight is 253 g/mol. The fraction of sp³-hybridized carbons (Fsp3) is 0.300. The van der Waals surface area contributed by atoms with Gasteiger partial charge in [-0.2, -0.15) is 0 Å². The lowest BCUT2D eigenvalue weighted by Crippen LogP contribution is -2.19. The number of ether oxygens (including phenoxy) is 1. The Morgan fingerprint density at radius 3 is 2.38 bits per heavy atom. The van der Waals surface area contributed by atoms with E-state index in [0.29, 0.717) is 5.56 Å². The molecule has 0 unspecified atom stereocenters. The van der Waals surface area contributed by atoms with Gasteiger partial charge in [-0.25, -0.2) is 0 Å². The Morgan fingerprint density at radius 1 is 1.38 bits per heavy atom. The van der Waals surface area contributed by atoms with E-state index in [-0.39, 0.29) is 10.6 Å². The van der Waals surface area contributed by atoms with Crippen molar-refractivity contribution in [3.63, 3.8) is 0 Å². The third-order valence-corrected chi connectivity index (χ3v) is 2.36. The summed E-state index contributed by atoms with van der Waals surface area (Å²) < 4.78 is 40.1. The van der Waals surface area contributed by atoms with Gasteiger partial charge in [-0.05, 0) is 25.5 Å². The predicted molar refractivity (Wildman–Crippen MR) is 52.9 cm³/mol. The third kappa shape index (κ3) is 2.88. The summed E-state index contributed by atoms with van der Waals surface area (Å²) in [6.45, 7) is 2.67. The zero-order valence-electron chi connectivity index (χ0n) is 8.48. The van der Waals surface area contributed by atoms with Gasteiger partial charge >= 0.3 is 6.36 Å². The number of hydrogen-bond donors (Lipinski definition) is 0. The van der Waals surface area contributed by atoms with Crippen LogP contribution in [-0.2, 0) is 0 Å². The molecule has 1 aromatic rings. The molecule has 0 atom stereocenters. The van der Waals surface area contributed by atoms with Crippen molar-refractivity contribution in [1.82, 2.24) is 0 Å². The van der Waals surface area contributed by atoms with Crippen LogP contribution in [0.4, 0.5) is 13.2 Å². The van der Waals surface area contributed by atoms with Gasteiger partial charge in [0.2, 0.25) is 0 Å². The Morgan fingerprint density at radius 2 is 1.94 bits per heavy atom. The molecule has 1 rings (SSSR count). The van der Waals surface area contributed by atoms with E-state index in [1.54, 1.807) is 0 Å². The number of hydrogen-bond acceptors (Lipinski definition) is 2. The summed E-state index contributed by atoms with van der Waals surface area (Å²) in [5.74, 6) is -1.18. The molecule has 88 valence electrons. The van der Waals surface area contributed by atoms with Crippen LogP contribution in [0.2, 0.25) is 5.02 Å². The van der Waals surface area contributed by atoms with Crippen LogP contribution >= 0.6 is 11.6 Å². The zero-order valence-corrected chi connectivity index (χ0v) is 9.24. The van der Waals surface area contributed by atoms with Gasteiger partial charge in [0, 0.05) is 0 Å². The average Bonchev–Trinajstić information content (AvgIpc) is 2.10. The largest absolute Gasteiger partial charge is 0.573 e. The lowest BCUT2D eigenvalue weighted by molar-refractivity contribution is -0.274. The first kappa shape index (κ1) is 12.8. The number of ketones is 1. The van der Waals surface area contributed by atoms with E-state index in [2.05, 4.69) is 4.74 Å². The van der Waals surface area contributed by atoms with Crippen LogP contribution in [0, 0.1) is 6.92 Å². The highest BCUT2D eigenvalue weighted by Crippen LogP contribution is 2.35. The number of carbonyl (C=O) groups excluding carboxylic acids is 1. The molecule has 0 aliphatic heterocycles. The number of benzene rings is 1. The number of rotatable bonds is 2. The number of halogens is 4. The maximum absolute atomic E-state index is 12.1. The van der Waals surface area contributed by atoms with Crippen LogP contribution in [0.25, 0.3) is 0 Å². The van der Waals surface area contributed by atoms with Crippen molar-refractivity contribution in [2.24, 2.45) is 0 Å². The summed E-state index contributed by atoms with van der Waals surface area (Å²) in [6.07, 6.45) is -4.87. The second-order valence-corrected chi connectivity index (χ2v) is 3.56. The van der Waals surface area contributed by atoms with E-state index in [1.807, 2.05) is 0 Å². The molecule has 0 aromatic heterocycles. The molecule has 0 aliphatic rings. The van der Waals surface area contributed by atoms with Crippen LogP contribution in [0.5, 0.6) is 5.75 Å². The zero-order chi connectivity index (χ0) is 12.5. The van der Waals surface area contributed by atoms with E-state index in [9.17, 15) is 18.0 Å². The van der Waals surface area contributed by atoms with Gasteiger partial charge in [0.1, 0.15) is 0 Å². The lowest BCUT2D eigenvalue weighted by Gasteiger charge is -2.14. The molecule has 0 fully saturated rings. The highest BCUT2D eigenvalue weighted by Gasteiger charge is 2.34. The number of aryl methyl sites for hydroxylation is 1. The molecule has 6 heteroatoms. The van der Waals surface area contributed by atoms with E-state index >= 15 is 0 Å². The van der Waals surface area contributed by atoms with Crippen LogP contribution in [0.1, 0.15) is 22.8 Å². The standard InChI is InChI=1S/C10H8ClF3O2/c1-5-3-4-7(6(2)15)9(8(5)11)16-10(12,13)14/h3-4H,1-2H3. The Labute approximate surface area is 95.0 Å². The van der Waals surface area contributed by atoms with Gasteiger partial charge in [0.25, 0.3) is 0 Å². The van der Waals surface area contributed by atoms with E-state index in [0.717, 1.165) is 6.92 Å². The van der Waals surface area contributed by atoms with Gasteiger partial charge < -0.3 is 4.74 Å². The molecule has 16 heavy (non-hydrogen) atoms. The van der Waals surface area contributed by atoms with Crippen molar-refractivity contribution in [2.75, 3.05) is 0 Å². The van der Waals surface area contributed by atoms with E-state index in [1.165, 1.54) is 19.1 Å². The van der Waals surface area contributed by atoms with E-state index < -0.39 is 17.9 Å². The topological polar surface area (TPSA) is 26.3 Å². The summed E-state index contributed by atoms with van der Waals surface area (Å²) in [7, 11) is 0. The Hall–Kier alpha value is -1.23. The summed E-state index contributed by atoms with van der Waals surface area (Å²) in [5.41, 5.74) is 0.221. The molecule has 0 saturated carbocycles. The van der Waals surface area contributed by atoms with Gasteiger partial charge in [-0.3, -0.25) is 4.79 Å². The maximum Gasteiger partial charge on any atom is 0.573 e. The quantitative estimate of drug-likeness (QED) is 0.750. The fourth-order valence-electron chi connectivity index (χ4n) is 1.15. The van der Waals surface area contributed by atoms with Gasteiger partial charge in [-0.1, -0.05) is 17.7 Å². The van der Waals surface area contributed by atoms with Crippen molar-refractivity contribution in [2.45, 2.75) is 20.2 Å². The summed E-state index contributed by atoms with van der Waals surface area (Å²) in [4.78, 5) is 11.1. The molecule has 0 spiro atoms. The van der Waals surface area contributed by atoms with Crippen LogP contribution in [-0.4, -0.2) is 12.1 Å². The van der Waals surface area contributed by atoms with Crippen molar-refractivity contribution < 1.29 is 22.7 Å². The molecule has 0 saturated heterocycles. The summed E-state index contributed by atoms with van der Waals surface area (Å²) >= 11 is 5.67. The number of alkyl halides is 3. The number of carbonyl (C=O) groups is 1. The van der Waals surface area contributed by atoms with Crippen LogP contribution < -0.4 is 4.74 Å². The Kier molecular flexibility index (Phi) is 3.48. The molecule has 2 nitrogen and oxygen atoms in total. The molecule has 0 aliphatic carbocycles. The molecule has 1 aromatic carbocycles. The molecule has 0 bridgehead atoms. The highest BCUT2D eigenvalue weighted by atomic mass is 35.5. The maximum atomic E-state index is 12.1. The number of Topliss-reactive ketones (excluding diaryl/α,β-unsaturated/α-hetero) is 1. The van der Waals surface area contributed by atoms with Crippen LogP contribution in [0.3, 0.4) is 0 Å². The van der Waals surface area contributed by atoms with Crippen molar-refractivity contribution >= 4 is 17.4 Å². The first-order valence-electron chi connectivity index (χ1n) is 4.28. The van der Waals surface area contributed by atoms with Crippen molar-refractivity contribution in [3.05, 3.63) is 28.3 Å². The minimum atomic E-state index is -4.87. The Bertz CT molecular complexity index is 427. The molecule has 0 heterocycles. The predicted octanol–water partition coefficient (Wildman–Crippen LogP) is 3.75. The molecular weight excluding hydrogens is 245 g/mol. The van der Waals surface area contributed by atoms with E-state index in [4.69, 9.17) is 11.6 Å². The van der Waals surface area contributed by atoms with Gasteiger partial charge in [0.05, 0.1) is 10.6 Å². The highest BCUT2D eigenvalue weighted by molar-refractivity contribution is 6.33. The summed E-state index contributed by atoms with van der Waals surface area (Å²) in [6, 6.07) is 2.72. The molecular formula is C10H8ClF3O2. The molecule has 0 radical (unpaired) electrons. The first-order valence-corrected chi connectivity index (χ1v) is 4.66. The van der Waals surface area contributed by atoms with Gasteiger partial charge in [0.15, 0.2) is 11.5 Å². The Balaban J connectivity index is 3.32. The van der Waals surface area contributed by atoms with Gasteiger partial charge in [-0.15, -0.1) is 13.2 Å². The van der Waals surface area contributed by atoms with Crippen molar-refractivity contribution in [3.8, 4) is 5.75 Å². The second-order valence-electron chi connectivity index (χ2n) is 3.18. The lowest BCUT2D eigenvalue weighted by atomic mass is 10.1. The monoisotopic (exact) mass is 252 g/mol. The minimum absolute atomic E-state index is 0.187. The normalized spacial score (nSPS) is 11.4. The fourth-order valence-corrected chi connectivity index (χ4v) is 1.35. The van der Waals surface area contributed by atoms with Crippen molar-refractivity contribution in [1.29, 1.82) is 0 Å². The second kappa shape index (κ2) is 4.33. The van der Waals surface area contributed by atoms with Crippen LogP contribution in [0.15, 0.2) is 12.1 Å².